The van der Waals surface area contributed by atoms with E-state index in [9.17, 15) is 0 Å². The summed E-state index contributed by atoms with van der Waals surface area (Å²) < 4.78 is 20.6. The molecule has 6 heteroatoms. The minimum atomic E-state index is -2.22. The van der Waals surface area contributed by atoms with Crippen molar-refractivity contribution in [3.8, 4) is 0 Å². The van der Waals surface area contributed by atoms with Crippen molar-refractivity contribution in [2.45, 2.75) is 39.0 Å². The van der Waals surface area contributed by atoms with E-state index in [1.54, 1.807) is 28.4 Å². The van der Waals surface area contributed by atoms with E-state index >= 15 is 0 Å². The summed E-state index contributed by atoms with van der Waals surface area (Å²) in [4.78, 5) is 0. The summed E-state index contributed by atoms with van der Waals surface area (Å²) >= 11 is 0. The van der Waals surface area contributed by atoms with Gasteiger partial charge < -0.3 is 17.7 Å². The van der Waals surface area contributed by atoms with Gasteiger partial charge in [-0.1, -0.05) is 13.3 Å². The van der Waals surface area contributed by atoms with Crippen molar-refractivity contribution in [2.24, 2.45) is 0 Å². The smallest absolute Gasteiger partial charge is 0.421 e. The molecule has 0 spiro atoms. The molecular formula is C10H28O4Si2. The molecule has 0 aromatic rings. The molecule has 4 nitrogen and oxygen atoms in total. The molecule has 0 saturated heterocycles. The van der Waals surface area contributed by atoms with E-state index in [0.29, 0.717) is 0 Å². The monoisotopic (exact) mass is 268 g/mol. The lowest BCUT2D eigenvalue weighted by Crippen LogP contribution is -2.42. The van der Waals surface area contributed by atoms with Gasteiger partial charge in [-0.3, -0.25) is 0 Å². The minimum Gasteiger partial charge on any atom is -0.421 e. The van der Waals surface area contributed by atoms with Crippen molar-refractivity contribution in [1.82, 2.24) is 0 Å². The fraction of sp³-hybridized carbons (Fsp3) is 1.00. The van der Waals surface area contributed by atoms with Crippen molar-refractivity contribution >= 4 is 17.1 Å². The van der Waals surface area contributed by atoms with E-state index in [0.717, 1.165) is 12.5 Å². The van der Waals surface area contributed by atoms with E-state index in [1.165, 1.54) is 0 Å². The molecule has 0 aliphatic carbocycles. The van der Waals surface area contributed by atoms with Crippen LogP contribution >= 0.6 is 0 Å². The van der Waals surface area contributed by atoms with Crippen LogP contribution in [0.15, 0.2) is 0 Å². The highest BCUT2D eigenvalue weighted by atomic mass is 28.4. The maximum atomic E-state index is 5.17. The van der Waals surface area contributed by atoms with Crippen molar-refractivity contribution < 1.29 is 17.7 Å². The lowest BCUT2D eigenvalue weighted by atomic mass is 10.6. The zero-order valence-electron chi connectivity index (χ0n) is 12.0. The molecule has 0 rings (SSSR count). The Balaban J connectivity index is 0. The summed E-state index contributed by atoms with van der Waals surface area (Å²) in [5.41, 5.74) is 0. The lowest BCUT2D eigenvalue weighted by molar-refractivity contribution is 0.123. The SMILES string of the molecule is CCC[Si](OC)(OC)OC.CO[Si](C)(C)C. The van der Waals surface area contributed by atoms with Gasteiger partial charge in [0.05, 0.1) is 0 Å². The first-order chi connectivity index (χ1) is 7.30. The Kier molecular flexibility index (Phi) is 10.9. The standard InChI is InChI=1S/C6H16O3Si.C4H12OSi/c1-5-6-10(7-2,8-3)9-4;1-5-6(2,3)4/h5-6H2,1-4H3;1-4H3. The molecule has 0 radical (unpaired) electrons. The van der Waals surface area contributed by atoms with Gasteiger partial charge in [0, 0.05) is 34.5 Å². The average molecular weight is 269 g/mol. The molecule has 0 unspecified atom stereocenters. The maximum absolute atomic E-state index is 5.17. The molecule has 0 aromatic heterocycles. The van der Waals surface area contributed by atoms with Gasteiger partial charge in [0.15, 0.2) is 8.32 Å². The van der Waals surface area contributed by atoms with E-state index < -0.39 is 17.1 Å². The summed E-state index contributed by atoms with van der Waals surface area (Å²) in [6.45, 7) is 8.56. The quantitative estimate of drug-likeness (QED) is 0.694. The van der Waals surface area contributed by atoms with Crippen LogP contribution < -0.4 is 0 Å². The molecule has 16 heavy (non-hydrogen) atoms. The molecule has 0 aliphatic heterocycles. The van der Waals surface area contributed by atoms with E-state index in [2.05, 4.69) is 26.6 Å². The fourth-order valence-corrected chi connectivity index (χ4v) is 2.59. The zero-order valence-corrected chi connectivity index (χ0v) is 14.0. The predicted octanol–water partition coefficient (Wildman–Crippen LogP) is 2.74. The summed E-state index contributed by atoms with van der Waals surface area (Å²) in [7, 11) is 3.32. The Bertz CT molecular complexity index is 147. The first-order valence-corrected chi connectivity index (χ1v) is 10.9. The number of hydrogen-bond donors (Lipinski definition) is 0. The molecule has 0 saturated carbocycles. The topological polar surface area (TPSA) is 36.9 Å². The van der Waals surface area contributed by atoms with Gasteiger partial charge in [-0.25, -0.2) is 0 Å². The zero-order chi connectivity index (χ0) is 13.2. The van der Waals surface area contributed by atoms with Crippen LogP contribution in [0.25, 0.3) is 0 Å². The second-order valence-corrected chi connectivity index (χ2v) is 12.1. The van der Waals surface area contributed by atoms with Gasteiger partial charge in [-0.15, -0.1) is 0 Å². The van der Waals surface area contributed by atoms with Crippen LogP contribution in [0.3, 0.4) is 0 Å². The fourth-order valence-electron chi connectivity index (χ4n) is 0.862. The summed E-state index contributed by atoms with van der Waals surface area (Å²) in [5, 5.41) is 0. The Morgan fingerprint density at radius 1 is 0.750 bits per heavy atom. The average Bonchev–Trinajstić information content (AvgIpc) is 2.26. The van der Waals surface area contributed by atoms with Gasteiger partial charge in [0.1, 0.15) is 0 Å². The Labute approximate surface area is 103 Å². The molecule has 0 amide bonds. The third kappa shape index (κ3) is 9.50. The van der Waals surface area contributed by atoms with E-state index in [4.69, 9.17) is 17.7 Å². The van der Waals surface area contributed by atoms with Crippen LogP contribution in [-0.4, -0.2) is 45.6 Å². The second-order valence-electron chi connectivity index (χ2n) is 4.36. The molecule has 0 heterocycles. The molecule has 0 aromatic carbocycles. The van der Waals surface area contributed by atoms with Gasteiger partial charge >= 0.3 is 8.80 Å². The van der Waals surface area contributed by atoms with Crippen LogP contribution in [0.2, 0.25) is 25.7 Å². The largest absolute Gasteiger partial charge is 0.500 e. The minimum absolute atomic E-state index is 0.885. The Hall–Kier alpha value is 0.274. The predicted molar refractivity (Wildman–Crippen MR) is 72.2 cm³/mol. The highest BCUT2D eigenvalue weighted by Crippen LogP contribution is 2.13. The van der Waals surface area contributed by atoms with Crippen molar-refractivity contribution in [3.05, 3.63) is 0 Å². The van der Waals surface area contributed by atoms with Crippen LogP contribution in [-0.2, 0) is 17.7 Å². The summed E-state index contributed by atoms with van der Waals surface area (Å²) in [5.74, 6) is 0. The summed E-state index contributed by atoms with van der Waals surface area (Å²) in [6, 6.07) is 0.885. The molecule has 0 N–H and O–H groups in total. The van der Waals surface area contributed by atoms with Crippen LogP contribution in [0, 0.1) is 0 Å². The van der Waals surface area contributed by atoms with Gasteiger partial charge in [-0.05, 0) is 19.6 Å². The highest BCUT2D eigenvalue weighted by Gasteiger charge is 2.36. The maximum Gasteiger partial charge on any atom is 0.500 e. The molecule has 0 bridgehead atoms. The molecule has 0 aliphatic rings. The third-order valence-electron chi connectivity index (χ3n) is 2.10. The van der Waals surface area contributed by atoms with E-state index in [-0.39, 0.29) is 0 Å². The van der Waals surface area contributed by atoms with Gasteiger partial charge in [0.2, 0.25) is 0 Å². The van der Waals surface area contributed by atoms with Crippen molar-refractivity contribution in [2.75, 3.05) is 28.4 Å². The van der Waals surface area contributed by atoms with Gasteiger partial charge in [0.25, 0.3) is 0 Å². The molecular weight excluding hydrogens is 240 g/mol. The van der Waals surface area contributed by atoms with E-state index in [1.807, 2.05) is 0 Å². The van der Waals surface area contributed by atoms with Crippen molar-refractivity contribution in [3.63, 3.8) is 0 Å². The first-order valence-electron chi connectivity index (χ1n) is 5.51. The highest BCUT2D eigenvalue weighted by molar-refractivity contribution is 6.69. The first kappa shape index (κ1) is 18.6. The number of rotatable bonds is 6. The second kappa shape index (κ2) is 9.32. The Morgan fingerprint density at radius 2 is 1.06 bits per heavy atom. The van der Waals surface area contributed by atoms with Gasteiger partial charge in [-0.2, -0.15) is 0 Å². The molecule has 0 atom stereocenters. The van der Waals surface area contributed by atoms with Crippen molar-refractivity contribution in [1.29, 1.82) is 0 Å². The normalized spacial score (nSPS) is 12.0. The third-order valence-corrected chi connectivity index (χ3v) is 6.30. The lowest BCUT2D eigenvalue weighted by Gasteiger charge is -2.23. The van der Waals surface area contributed by atoms with Crippen LogP contribution in [0.4, 0.5) is 0 Å². The van der Waals surface area contributed by atoms with Crippen LogP contribution in [0.1, 0.15) is 13.3 Å². The number of hydrogen-bond acceptors (Lipinski definition) is 4. The molecule has 0 fully saturated rings. The molecule has 100 valence electrons. The Morgan fingerprint density at radius 3 is 1.12 bits per heavy atom. The summed E-state index contributed by atoms with van der Waals surface area (Å²) in [6.07, 6.45) is 1.03. The van der Waals surface area contributed by atoms with Crippen LogP contribution in [0.5, 0.6) is 0 Å².